The van der Waals surface area contributed by atoms with Gasteiger partial charge < -0.3 is 71.8 Å². The summed E-state index contributed by atoms with van der Waals surface area (Å²) in [5.74, 6) is -4.43. The number of ether oxygens (including phenoxy) is 13. The van der Waals surface area contributed by atoms with Crippen LogP contribution in [0, 0.1) is 0 Å². The van der Waals surface area contributed by atoms with Crippen LogP contribution in [-0.4, -0.2) is 160 Å². The molecule has 7 aromatic carbocycles. The molecule has 0 aromatic heterocycles. The van der Waals surface area contributed by atoms with Gasteiger partial charge in [0.25, 0.3) is 0 Å². The quantitative estimate of drug-likeness (QED) is 0.0291. The first-order chi connectivity index (χ1) is 45.1. The van der Waals surface area contributed by atoms with Crippen molar-refractivity contribution in [2.24, 2.45) is 0 Å². The lowest BCUT2D eigenvalue weighted by molar-refractivity contribution is -0.375. The van der Waals surface area contributed by atoms with Gasteiger partial charge in [-0.25, -0.2) is 24.0 Å². The average molecular weight is 1290 g/mol. The Labute approximate surface area is 540 Å². The zero-order chi connectivity index (χ0) is 65.3. The fourth-order valence-corrected chi connectivity index (χ4v) is 11.5. The Hall–Kier alpha value is -8.29. The maximum absolute atomic E-state index is 14.8. The number of hydrogen-bond acceptors (Lipinski definition) is 20. The van der Waals surface area contributed by atoms with Gasteiger partial charge in [0.2, 0.25) is 0 Å². The average Bonchev–Trinajstić information content (AvgIpc) is 0.780. The lowest BCUT2D eigenvalue weighted by Crippen LogP contribution is -2.68. The van der Waals surface area contributed by atoms with Gasteiger partial charge in [-0.3, -0.25) is 0 Å². The highest BCUT2D eigenvalue weighted by atomic mass is 28.3. The summed E-state index contributed by atoms with van der Waals surface area (Å²) in [5, 5.41) is 24.3. The lowest BCUT2D eigenvalue weighted by atomic mass is 9.95. The van der Waals surface area contributed by atoms with Gasteiger partial charge in [0.15, 0.2) is 43.3 Å². The molecule has 3 fully saturated rings. The molecule has 0 amide bonds. The molecule has 21 heteroatoms. The monoisotopic (exact) mass is 1290 g/mol. The Morgan fingerprint density at radius 1 is 0.387 bits per heavy atom. The highest BCUT2D eigenvalue weighted by Crippen LogP contribution is 2.39. The van der Waals surface area contributed by atoms with E-state index in [2.05, 4.69) is 19.6 Å². The van der Waals surface area contributed by atoms with Crippen LogP contribution >= 0.6 is 0 Å². The van der Waals surface area contributed by atoms with Crippen LogP contribution in [0.15, 0.2) is 212 Å². The summed E-state index contributed by atoms with van der Waals surface area (Å²) in [4.78, 5) is 72.6. The van der Waals surface area contributed by atoms with Crippen LogP contribution in [0.3, 0.4) is 0 Å². The van der Waals surface area contributed by atoms with Crippen LogP contribution in [0.1, 0.15) is 69.8 Å². The molecule has 3 aliphatic heterocycles. The Morgan fingerprint density at radius 2 is 0.774 bits per heavy atom. The molecule has 15 atom stereocenters. The van der Waals surface area contributed by atoms with E-state index in [1.165, 1.54) is 55.5 Å². The smallest absolute Gasteiger partial charge is 0.338 e. The van der Waals surface area contributed by atoms with Gasteiger partial charge in [0, 0.05) is 14.7 Å². The molecule has 488 valence electrons. The van der Waals surface area contributed by atoms with Crippen LogP contribution in [0.2, 0.25) is 25.7 Å². The molecule has 0 unspecified atom stereocenters. The van der Waals surface area contributed by atoms with Crippen molar-refractivity contribution in [1.29, 1.82) is 0 Å². The molecule has 3 saturated heterocycles. The molecule has 93 heavy (non-hydrogen) atoms. The van der Waals surface area contributed by atoms with Gasteiger partial charge in [0.05, 0.1) is 53.7 Å². The van der Waals surface area contributed by atoms with Gasteiger partial charge in [0.1, 0.15) is 49.3 Å². The largest absolute Gasteiger partial charge is 0.459 e. The first-order valence-corrected chi connectivity index (χ1v) is 34.6. The van der Waals surface area contributed by atoms with E-state index in [-0.39, 0.29) is 54.2 Å². The molecule has 3 heterocycles. The molecule has 3 aliphatic rings. The van der Waals surface area contributed by atoms with Crippen molar-refractivity contribution in [3.63, 3.8) is 0 Å². The van der Waals surface area contributed by atoms with Crippen molar-refractivity contribution >= 4 is 37.9 Å². The molecule has 2 N–H and O–H groups in total. The van der Waals surface area contributed by atoms with E-state index in [1.807, 2.05) is 60.7 Å². The van der Waals surface area contributed by atoms with Crippen LogP contribution in [-0.2, 0) is 74.8 Å². The maximum atomic E-state index is 14.8. The first kappa shape index (κ1) is 67.6. The molecular weight excluding hydrogens is 1210 g/mol. The highest BCUT2D eigenvalue weighted by Gasteiger charge is 2.59. The number of aliphatic hydroxyl groups excluding tert-OH is 2. The second kappa shape index (κ2) is 32.5. The minimum Gasteiger partial charge on any atom is -0.459 e. The molecule has 0 aliphatic carbocycles. The van der Waals surface area contributed by atoms with Gasteiger partial charge in [-0.15, -0.1) is 0 Å². The number of aliphatic hydroxyl groups is 2. The number of rotatable bonds is 26. The fraction of sp³-hybridized carbons (Fsp3) is 0.347. The van der Waals surface area contributed by atoms with Crippen LogP contribution in [0.25, 0.3) is 0 Å². The summed E-state index contributed by atoms with van der Waals surface area (Å²) < 4.78 is 84.9. The second-order valence-corrected chi connectivity index (χ2v) is 29.5. The summed E-state index contributed by atoms with van der Waals surface area (Å²) in [6.45, 7) is 7.44. The van der Waals surface area contributed by atoms with Gasteiger partial charge in [-0.1, -0.05) is 171 Å². The minimum absolute atomic E-state index is 0.0247. The SMILES string of the molecule is C[C@@H]1O[C@@H](O[C@H]2[C@@H](OC(=O)c3ccccc3)[C@@H](COC(=O)c3ccccc3)O[C@@H](OCC[Si](C)(C)C)[C@@H]2OC(=O)c2ccccc2)[C@H](OC(=O)c2ccccc2)[C@H](OC(=O)c2ccccc2)[C@H]1O[C@H]1O[C@H](COCc2ccccc2)[C@@H](OCc2ccccc2)[C@H](O)[C@@H]1O. The number of carbonyl (C=O) groups is 5. The predicted octanol–water partition coefficient (Wildman–Crippen LogP) is 9.59. The molecule has 0 bridgehead atoms. The van der Waals surface area contributed by atoms with Gasteiger partial charge in [-0.05, 0) is 84.8 Å². The third-order valence-electron chi connectivity index (χ3n) is 15.8. The minimum atomic E-state index is -1.91. The van der Waals surface area contributed by atoms with Crippen LogP contribution in [0.5, 0.6) is 0 Å². The summed E-state index contributed by atoms with van der Waals surface area (Å²) in [5.41, 5.74) is 2.12. The molecule has 20 nitrogen and oxygen atoms in total. The highest BCUT2D eigenvalue weighted by molar-refractivity contribution is 6.76. The third kappa shape index (κ3) is 18.3. The van der Waals surface area contributed by atoms with Crippen molar-refractivity contribution < 1.29 is 95.8 Å². The Kier molecular flexibility index (Phi) is 23.6. The van der Waals surface area contributed by atoms with E-state index in [0.717, 1.165) is 11.1 Å². The van der Waals surface area contributed by atoms with E-state index < -0.39 is 137 Å². The van der Waals surface area contributed by atoms with Crippen LogP contribution in [0.4, 0.5) is 0 Å². The number of esters is 5. The molecular formula is C72H76O20Si. The summed E-state index contributed by atoms with van der Waals surface area (Å²) in [6.07, 6.45) is -24.2. The standard InChI is InChI=1S/C72H76O20Si/c1-46-58(91-70-57(74)56(73)59(82-43-48-28-14-6-15-29-48)54(85-70)44-80-42-47-26-12-5-13-27-47)61(88-67(77)51-34-20-9-21-35-51)64(90-69(79)53-38-24-11-25-39-53)72(84-46)92-62-60(87-66(76)50-32-18-8-19-33-50)55(45-83-65(75)49-30-16-7-17-31-49)86-71(81-40-41-93(2,3)4)63(62)89-68(78)52-36-22-10-23-37-52/h5-39,46,54-64,70-74H,40-45H2,1-4H3/t46-,54+,55+,56+,57-,58-,59+,60-,61+,62-,63+,64+,70+,71+,72-/m0/s1. The van der Waals surface area contributed by atoms with Crippen molar-refractivity contribution in [2.45, 2.75) is 138 Å². The zero-order valence-corrected chi connectivity index (χ0v) is 52.9. The van der Waals surface area contributed by atoms with Gasteiger partial charge in [-0.2, -0.15) is 0 Å². The van der Waals surface area contributed by atoms with E-state index in [0.29, 0.717) is 6.04 Å². The second-order valence-electron chi connectivity index (χ2n) is 23.8. The number of benzene rings is 7. The summed E-state index contributed by atoms with van der Waals surface area (Å²) in [7, 11) is -1.87. The summed E-state index contributed by atoms with van der Waals surface area (Å²) in [6, 6.07) is 59.3. The first-order valence-electron chi connectivity index (χ1n) is 30.9. The fourth-order valence-electron chi connectivity index (χ4n) is 10.8. The number of carbonyl (C=O) groups excluding carboxylic acids is 5. The van der Waals surface area contributed by atoms with E-state index >= 15 is 0 Å². The Balaban J connectivity index is 1.07. The molecule has 0 spiro atoms. The van der Waals surface area contributed by atoms with Gasteiger partial charge >= 0.3 is 29.8 Å². The molecule has 0 radical (unpaired) electrons. The molecule has 7 aromatic rings. The van der Waals surface area contributed by atoms with Crippen molar-refractivity contribution in [3.8, 4) is 0 Å². The van der Waals surface area contributed by atoms with Crippen molar-refractivity contribution in [2.75, 3.05) is 19.8 Å². The molecule has 10 rings (SSSR count). The van der Waals surface area contributed by atoms with E-state index in [4.69, 9.17) is 61.6 Å². The predicted molar refractivity (Wildman–Crippen MR) is 338 cm³/mol. The van der Waals surface area contributed by atoms with E-state index in [1.54, 1.807) is 103 Å². The van der Waals surface area contributed by atoms with E-state index in [9.17, 15) is 34.2 Å². The summed E-state index contributed by atoms with van der Waals surface area (Å²) >= 11 is 0. The maximum Gasteiger partial charge on any atom is 0.338 e. The molecule has 0 saturated carbocycles. The zero-order valence-electron chi connectivity index (χ0n) is 51.9. The number of hydrogen-bond donors (Lipinski definition) is 2. The third-order valence-corrected chi connectivity index (χ3v) is 17.5. The van der Waals surface area contributed by atoms with Crippen LogP contribution < -0.4 is 0 Å². The Morgan fingerprint density at radius 3 is 1.25 bits per heavy atom. The topological polar surface area (TPSA) is 246 Å². The van der Waals surface area contributed by atoms with Crippen molar-refractivity contribution in [1.82, 2.24) is 0 Å². The Bertz CT molecular complexity index is 3480. The lowest BCUT2D eigenvalue weighted by Gasteiger charge is -2.50. The van der Waals surface area contributed by atoms with Crippen molar-refractivity contribution in [3.05, 3.63) is 251 Å². The normalized spacial score (nSPS) is 26.2.